The Hall–Kier alpha value is -2.78. The topological polar surface area (TPSA) is 115 Å². The van der Waals surface area contributed by atoms with Crippen molar-refractivity contribution in [1.29, 1.82) is 0 Å². The van der Waals surface area contributed by atoms with Gasteiger partial charge in [0.15, 0.2) is 0 Å². The van der Waals surface area contributed by atoms with Gasteiger partial charge in [0.1, 0.15) is 5.69 Å². The highest BCUT2D eigenvalue weighted by Crippen LogP contribution is 2.28. The highest BCUT2D eigenvalue weighted by molar-refractivity contribution is 7.09. The summed E-state index contributed by atoms with van der Waals surface area (Å²) >= 11 is 1.45. The molecule has 204 valence electrons. The molecule has 0 aliphatic heterocycles. The zero-order valence-corrected chi connectivity index (χ0v) is 23.7. The van der Waals surface area contributed by atoms with Crippen LogP contribution in [0.2, 0.25) is 0 Å². The number of rotatable bonds is 14. The molecule has 9 heteroatoms. The van der Waals surface area contributed by atoms with E-state index in [0.717, 1.165) is 17.0 Å². The predicted octanol–water partition coefficient (Wildman–Crippen LogP) is 4.01. The van der Waals surface area contributed by atoms with Gasteiger partial charge in [0.25, 0.3) is 5.91 Å². The first kappa shape index (κ1) is 30.4. The maximum absolute atomic E-state index is 13.2. The second kappa shape index (κ2) is 14.8. The Bertz CT molecular complexity index is 1010. The first-order valence-corrected chi connectivity index (χ1v) is 13.9. The summed E-state index contributed by atoms with van der Waals surface area (Å²) < 4.78 is 5.17. The van der Waals surface area contributed by atoms with Crippen LogP contribution < -0.4 is 11.1 Å². The molecule has 4 atom stereocenters. The van der Waals surface area contributed by atoms with Crippen molar-refractivity contribution in [2.45, 2.75) is 71.9 Å². The minimum Gasteiger partial charge on any atom is -0.466 e. The van der Waals surface area contributed by atoms with Gasteiger partial charge >= 0.3 is 5.97 Å². The lowest BCUT2D eigenvalue weighted by molar-refractivity contribution is -0.147. The van der Waals surface area contributed by atoms with E-state index in [-0.39, 0.29) is 54.2 Å². The molecular formula is C28H42N4O4S. The van der Waals surface area contributed by atoms with Crippen LogP contribution in [0.25, 0.3) is 0 Å². The molecule has 37 heavy (non-hydrogen) atoms. The molecule has 3 N–H and O–H groups in total. The number of esters is 1. The van der Waals surface area contributed by atoms with Crippen molar-refractivity contribution >= 4 is 29.1 Å². The Morgan fingerprint density at radius 2 is 1.78 bits per heavy atom. The zero-order chi connectivity index (χ0) is 27.5. The molecule has 1 aromatic heterocycles. The molecule has 0 spiro atoms. The second-order valence-corrected chi connectivity index (χ2v) is 10.9. The lowest BCUT2D eigenvalue weighted by atomic mass is 9.92. The SMILES string of the molecule is CCOC(=O)[C@@H](C)C[C@H](Cc1ccccc1)NC(=O)c1csc(C(C)CC(C(C)C)N(C)C(=O)CN)n1. The van der Waals surface area contributed by atoms with Gasteiger partial charge in [0.05, 0.1) is 24.1 Å². The second-order valence-electron chi connectivity index (χ2n) is 9.98. The molecule has 0 saturated heterocycles. The van der Waals surface area contributed by atoms with E-state index in [1.807, 2.05) is 37.3 Å². The van der Waals surface area contributed by atoms with Crippen molar-refractivity contribution in [3.8, 4) is 0 Å². The first-order chi connectivity index (χ1) is 17.6. The average Bonchev–Trinajstić information content (AvgIpc) is 3.37. The van der Waals surface area contributed by atoms with Crippen LogP contribution in [-0.2, 0) is 20.7 Å². The van der Waals surface area contributed by atoms with Crippen LogP contribution in [0.1, 0.15) is 74.4 Å². The summed E-state index contributed by atoms with van der Waals surface area (Å²) in [5.41, 5.74) is 7.01. The van der Waals surface area contributed by atoms with E-state index in [1.54, 1.807) is 24.3 Å². The van der Waals surface area contributed by atoms with E-state index in [1.165, 1.54) is 11.3 Å². The number of benzene rings is 1. The van der Waals surface area contributed by atoms with Gasteiger partial charge in [0, 0.05) is 30.4 Å². The predicted molar refractivity (Wildman–Crippen MR) is 147 cm³/mol. The van der Waals surface area contributed by atoms with Crippen molar-refractivity contribution in [2.75, 3.05) is 20.2 Å². The Labute approximate surface area is 225 Å². The van der Waals surface area contributed by atoms with Gasteiger partial charge < -0.3 is 20.7 Å². The van der Waals surface area contributed by atoms with Gasteiger partial charge in [-0.15, -0.1) is 11.3 Å². The van der Waals surface area contributed by atoms with Crippen LogP contribution >= 0.6 is 11.3 Å². The maximum Gasteiger partial charge on any atom is 0.308 e. The van der Waals surface area contributed by atoms with E-state index >= 15 is 0 Å². The largest absolute Gasteiger partial charge is 0.466 e. The number of nitrogens with zero attached hydrogens (tertiary/aromatic N) is 2. The summed E-state index contributed by atoms with van der Waals surface area (Å²) in [5.74, 6) is -0.644. The van der Waals surface area contributed by atoms with E-state index in [2.05, 4.69) is 31.1 Å². The molecule has 2 aromatic rings. The van der Waals surface area contributed by atoms with Gasteiger partial charge in [-0.3, -0.25) is 14.4 Å². The third-order valence-corrected chi connectivity index (χ3v) is 7.67. The molecule has 0 saturated carbocycles. The maximum atomic E-state index is 13.2. The van der Waals surface area contributed by atoms with Gasteiger partial charge in [-0.2, -0.15) is 0 Å². The molecule has 2 rings (SSSR count). The molecule has 2 unspecified atom stereocenters. The standard InChI is InChI=1S/C28H42N4O4S/c1-7-36-28(35)20(5)13-22(15-21-11-9-8-10-12-21)30-26(34)23-17-37-27(31-23)19(4)14-24(18(2)3)32(6)25(33)16-29/h8-12,17-20,22,24H,7,13-16,29H2,1-6H3,(H,30,34)/t19?,20-,22+,24?/m0/s1. The number of likely N-dealkylation sites (N-methyl/N-ethyl adjacent to an activating group) is 1. The molecule has 8 nitrogen and oxygen atoms in total. The number of hydrogen-bond acceptors (Lipinski definition) is 7. The summed E-state index contributed by atoms with van der Waals surface area (Å²) in [7, 11) is 1.79. The lowest BCUT2D eigenvalue weighted by Gasteiger charge is -2.32. The van der Waals surface area contributed by atoms with Crippen molar-refractivity contribution in [2.24, 2.45) is 17.6 Å². The Kier molecular flexibility index (Phi) is 12.2. The van der Waals surface area contributed by atoms with Crippen molar-refractivity contribution < 1.29 is 19.1 Å². The number of ether oxygens (including phenoxy) is 1. The number of carbonyl (C=O) groups excluding carboxylic acids is 3. The van der Waals surface area contributed by atoms with E-state index in [4.69, 9.17) is 10.5 Å². The average molecular weight is 531 g/mol. The molecule has 1 aromatic carbocycles. The summed E-state index contributed by atoms with van der Waals surface area (Å²) in [5, 5.41) is 5.72. The van der Waals surface area contributed by atoms with Crippen molar-refractivity contribution in [1.82, 2.24) is 15.2 Å². The smallest absolute Gasteiger partial charge is 0.308 e. The van der Waals surface area contributed by atoms with Crippen LogP contribution in [-0.4, -0.2) is 60.0 Å². The number of nitrogens with one attached hydrogen (secondary N) is 1. The summed E-state index contributed by atoms with van der Waals surface area (Å²) in [4.78, 5) is 43.9. The van der Waals surface area contributed by atoms with E-state index < -0.39 is 0 Å². The van der Waals surface area contributed by atoms with Crippen LogP contribution in [0, 0.1) is 11.8 Å². The number of thiazole rings is 1. The highest BCUT2D eigenvalue weighted by atomic mass is 32.1. The molecule has 1 heterocycles. The van der Waals surface area contributed by atoms with Gasteiger partial charge in [0.2, 0.25) is 5.91 Å². The quantitative estimate of drug-likeness (QED) is 0.357. The number of nitrogens with two attached hydrogens (primary N) is 1. The number of carbonyl (C=O) groups is 3. The summed E-state index contributed by atoms with van der Waals surface area (Å²) in [6.07, 6.45) is 1.79. The number of hydrogen-bond donors (Lipinski definition) is 2. The van der Waals surface area contributed by atoms with E-state index in [0.29, 0.717) is 25.1 Å². The number of amides is 2. The minimum atomic E-state index is -0.346. The van der Waals surface area contributed by atoms with Gasteiger partial charge in [-0.1, -0.05) is 58.0 Å². The molecule has 2 amide bonds. The minimum absolute atomic E-state index is 0.0192. The molecule has 0 aliphatic rings. The monoisotopic (exact) mass is 530 g/mol. The third-order valence-electron chi connectivity index (χ3n) is 6.59. The van der Waals surface area contributed by atoms with Gasteiger partial charge in [-0.05, 0) is 37.7 Å². The molecule has 0 bridgehead atoms. The van der Waals surface area contributed by atoms with Gasteiger partial charge in [-0.25, -0.2) is 4.98 Å². The van der Waals surface area contributed by atoms with E-state index in [9.17, 15) is 14.4 Å². The Morgan fingerprint density at radius 3 is 2.38 bits per heavy atom. The molecule has 0 aliphatic carbocycles. The van der Waals surface area contributed by atoms with Crippen LogP contribution in [0.4, 0.5) is 0 Å². The van der Waals surface area contributed by atoms with Crippen LogP contribution in [0.3, 0.4) is 0 Å². The fourth-order valence-electron chi connectivity index (χ4n) is 4.45. The Morgan fingerprint density at radius 1 is 1.11 bits per heavy atom. The lowest BCUT2D eigenvalue weighted by Crippen LogP contribution is -2.43. The zero-order valence-electron chi connectivity index (χ0n) is 22.9. The fourth-order valence-corrected chi connectivity index (χ4v) is 5.32. The normalized spacial score (nSPS) is 14.5. The third kappa shape index (κ3) is 9.23. The summed E-state index contributed by atoms with van der Waals surface area (Å²) in [6.45, 7) is 10.1. The first-order valence-electron chi connectivity index (χ1n) is 13.0. The molecule has 0 radical (unpaired) electrons. The fraction of sp³-hybridized carbons (Fsp3) is 0.571. The van der Waals surface area contributed by atoms with Crippen molar-refractivity contribution in [3.63, 3.8) is 0 Å². The molecule has 0 fully saturated rings. The van der Waals surface area contributed by atoms with Crippen LogP contribution in [0.15, 0.2) is 35.7 Å². The van der Waals surface area contributed by atoms with Crippen molar-refractivity contribution in [3.05, 3.63) is 52.0 Å². The summed E-state index contributed by atoms with van der Waals surface area (Å²) in [6, 6.07) is 9.65. The number of aromatic nitrogens is 1. The highest BCUT2D eigenvalue weighted by Gasteiger charge is 2.27. The Balaban J connectivity index is 2.12. The molecular weight excluding hydrogens is 488 g/mol. The van der Waals surface area contributed by atoms with Crippen LogP contribution in [0.5, 0.6) is 0 Å².